The van der Waals surface area contributed by atoms with E-state index < -0.39 is 30.9 Å². The van der Waals surface area contributed by atoms with Crippen molar-refractivity contribution in [2.45, 2.75) is 6.92 Å². The maximum atomic E-state index is 12.9. The minimum Gasteiger partial charge on any atom is -0.508 e. The molecule has 3 N–H and O–H groups in total. The molecule has 1 aromatic heterocycles. The van der Waals surface area contributed by atoms with Crippen molar-refractivity contribution in [2.75, 3.05) is 13.0 Å². The molecule has 1 atom stereocenters. The molecule has 0 aliphatic rings. The Morgan fingerprint density at radius 2 is 1.93 bits per heavy atom. The van der Waals surface area contributed by atoms with E-state index in [1.165, 1.54) is 37.3 Å². The van der Waals surface area contributed by atoms with E-state index in [0.717, 1.165) is 6.07 Å². The van der Waals surface area contributed by atoms with E-state index >= 15 is 0 Å². The van der Waals surface area contributed by atoms with Crippen molar-refractivity contribution in [3.05, 3.63) is 51.5 Å². The number of nitrogens with zero attached hydrogens (tertiary/aromatic N) is 1. The second-order valence-electron chi connectivity index (χ2n) is 5.89. The highest BCUT2D eigenvalue weighted by Gasteiger charge is 2.25. The predicted octanol–water partition coefficient (Wildman–Crippen LogP) is 3.83. The lowest BCUT2D eigenvalue weighted by molar-refractivity contribution is 0.239. The van der Waals surface area contributed by atoms with E-state index in [2.05, 4.69) is 5.18 Å². The van der Waals surface area contributed by atoms with E-state index in [9.17, 15) is 29.4 Å². The summed E-state index contributed by atoms with van der Waals surface area (Å²) in [4.78, 5) is 33.3. The van der Waals surface area contributed by atoms with Gasteiger partial charge in [0.1, 0.15) is 22.8 Å². The molecule has 1 heterocycles. The summed E-state index contributed by atoms with van der Waals surface area (Å²) in [6, 6.07) is 7.46. The number of hydrogen-bond acceptors (Lipinski definition) is 9. The molecule has 3 rings (SSSR count). The molecular weight excluding hydrogens is 405 g/mol. The Balaban J connectivity index is 2.20. The average molecular weight is 421 g/mol. The van der Waals surface area contributed by atoms with Gasteiger partial charge in [0.25, 0.3) is 0 Å². The lowest BCUT2D eigenvalue weighted by Crippen LogP contribution is -2.12. The summed E-state index contributed by atoms with van der Waals surface area (Å²) in [6.07, 6.45) is -0.817. The molecule has 0 amide bonds. The van der Waals surface area contributed by atoms with Gasteiger partial charge in [-0.05, 0) is 42.4 Å². The Bertz CT molecular complexity index is 1190. The Labute approximate surface area is 163 Å². The summed E-state index contributed by atoms with van der Waals surface area (Å²) in [6.45, 7) is 1.49. The van der Waals surface area contributed by atoms with Gasteiger partial charge in [0.2, 0.25) is 11.2 Å². The first-order chi connectivity index (χ1) is 13.8. The second-order valence-corrected chi connectivity index (χ2v) is 7.68. The third-order valence-corrected chi connectivity index (χ3v) is 4.99. The van der Waals surface area contributed by atoms with Crippen LogP contribution in [0.25, 0.3) is 22.3 Å². The van der Waals surface area contributed by atoms with Crippen LogP contribution in [-0.4, -0.2) is 28.1 Å². The number of rotatable bonds is 7. The molecule has 0 fully saturated rings. The topological polar surface area (TPSA) is 156 Å². The SMILES string of the molecule is CCOP(=O)(O)COc1c(-c2ccc(N=O)c(O)c2)oc2cc(O)ccc2c1=O. The van der Waals surface area contributed by atoms with Gasteiger partial charge >= 0.3 is 7.60 Å². The quantitative estimate of drug-likeness (QED) is 0.381. The third kappa shape index (κ3) is 4.29. The summed E-state index contributed by atoms with van der Waals surface area (Å²) >= 11 is 0. The zero-order valence-electron chi connectivity index (χ0n) is 15.1. The van der Waals surface area contributed by atoms with E-state index in [4.69, 9.17) is 13.7 Å². The van der Waals surface area contributed by atoms with Crippen LogP contribution in [0.15, 0.2) is 50.8 Å². The molecule has 29 heavy (non-hydrogen) atoms. The minimum atomic E-state index is -4.13. The number of phenols is 2. The summed E-state index contributed by atoms with van der Waals surface area (Å²) < 4.78 is 27.6. The van der Waals surface area contributed by atoms with Crippen LogP contribution in [0.5, 0.6) is 17.2 Å². The Hall–Kier alpha value is -3.20. The molecule has 0 spiro atoms. The highest BCUT2D eigenvalue weighted by atomic mass is 31.2. The summed E-state index contributed by atoms with van der Waals surface area (Å²) in [7, 11) is -4.13. The lowest BCUT2D eigenvalue weighted by atomic mass is 10.1. The number of aromatic hydroxyl groups is 2. The normalized spacial score (nSPS) is 13.2. The molecule has 0 saturated carbocycles. The first kappa shape index (κ1) is 20.5. The molecule has 2 aromatic carbocycles. The number of fused-ring (bicyclic) bond motifs is 1. The van der Waals surface area contributed by atoms with E-state index in [0.29, 0.717) is 0 Å². The van der Waals surface area contributed by atoms with Crippen LogP contribution < -0.4 is 10.2 Å². The molecular formula is C18H16NO9P. The smallest absolute Gasteiger partial charge is 0.365 e. The van der Waals surface area contributed by atoms with Crippen molar-refractivity contribution in [1.82, 2.24) is 0 Å². The van der Waals surface area contributed by atoms with Crippen LogP contribution in [0.2, 0.25) is 0 Å². The largest absolute Gasteiger partial charge is 0.508 e. The van der Waals surface area contributed by atoms with Crippen LogP contribution in [-0.2, 0) is 9.09 Å². The number of hydrogen-bond donors (Lipinski definition) is 3. The Morgan fingerprint density at radius 3 is 2.59 bits per heavy atom. The maximum absolute atomic E-state index is 12.9. The van der Waals surface area contributed by atoms with Crippen LogP contribution in [0, 0.1) is 4.91 Å². The molecule has 0 aliphatic heterocycles. The van der Waals surface area contributed by atoms with Crippen molar-refractivity contribution >= 4 is 24.3 Å². The second kappa shape index (κ2) is 8.04. The standard InChI is InChI=1S/C18H16NO9P/c1-2-27-29(24,25)9-26-18-16(22)12-5-4-11(20)8-15(12)28-17(18)10-3-6-13(19-23)14(21)7-10/h3-8,20-21H,2,9H2,1H3,(H,24,25). The molecule has 152 valence electrons. The third-order valence-electron chi connectivity index (χ3n) is 3.87. The lowest BCUT2D eigenvalue weighted by Gasteiger charge is -2.15. The van der Waals surface area contributed by atoms with E-state index in [1.54, 1.807) is 0 Å². The van der Waals surface area contributed by atoms with Gasteiger partial charge in [-0.15, -0.1) is 4.91 Å². The molecule has 10 nitrogen and oxygen atoms in total. The molecule has 0 radical (unpaired) electrons. The molecule has 0 saturated heterocycles. The predicted molar refractivity (Wildman–Crippen MR) is 104 cm³/mol. The van der Waals surface area contributed by atoms with Gasteiger partial charge in [0.05, 0.1) is 12.0 Å². The highest BCUT2D eigenvalue weighted by molar-refractivity contribution is 7.52. The van der Waals surface area contributed by atoms with Crippen LogP contribution in [0.4, 0.5) is 5.69 Å². The summed E-state index contributed by atoms with van der Waals surface area (Å²) in [5.41, 5.74) is -0.745. The van der Waals surface area contributed by atoms with Gasteiger partial charge in [-0.2, -0.15) is 0 Å². The monoisotopic (exact) mass is 421 g/mol. The molecule has 1 unspecified atom stereocenters. The van der Waals surface area contributed by atoms with Crippen LogP contribution in [0.1, 0.15) is 6.92 Å². The van der Waals surface area contributed by atoms with Gasteiger partial charge in [-0.25, -0.2) is 0 Å². The molecule has 11 heteroatoms. The zero-order chi connectivity index (χ0) is 21.2. The Kier molecular flexibility index (Phi) is 5.69. The summed E-state index contributed by atoms with van der Waals surface area (Å²) in [5, 5.41) is 22.3. The van der Waals surface area contributed by atoms with E-state index in [1.807, 2.05) is 0 Å². The van der Waals surface area contributed by atoms with Gasteiger partial charge in [-0.3, -0.25) is 9.36 Å². The zero-order valence-corrected chi connectivity index (χ0v) is 16.0. The van der Waals surface area contributed by atoms with Crippen molar-refractivity contribution in [1.29, 1.82) is 0 Å². The van der Waals surface area contributed by atoms with Gasteiger partial charge in [0, 0.05) is 11.6 Å². The number of ether oxygens (including phenoxy) is 1. The fourth-order valence-electron chi connectivity index (χ4n) is 2.61. The van der Waals surface area contributed by atoms with Crippen molar-refractivity contribution in [2.24, 2.45) is 5.18 Å². The minimum absolute atomic E-state index is 0.0198. The van der Waals surface area contributed by atoms with Crippen molar-refractivity contribution in [3.8, 4) is 28.6 Å². The fourth-order valence-corrected chi connectivity index (χ4v) is 3.38. The number of phenolic OH excluding ortho intramolecular Hbond substituents is 2. The number of nitroso groups, excluding NO2 is 1. The van der Waals surface area contributed by atoms with Gasteiger partial charge < -0.3 is 28.8 Å². The Morgan fingerprint density at radius 1 is 1.17 bits per heavy atom. The van der Waals surface area contributed by atoms with Crippen molar-refractivity contribution < 1.29 is 33.3 Å². The van der Waals surface area contributed by atoms with Crippen LogP contribution >= 0.6 is 7.60 Å². The molecule has 0 bridgehead atoms. The molecule has 3 aromatic rings. The van der Waals surface area contributed by atoms with Crippen molar-refractivity contribution in [3.63, 3.8) is 0 Å². The first-order valence-corrected chi connectivity index (χ1v) is 10.1. The fraction of sp³-hybridized carbons (Fsp3) is 0.167. The molecule has 0 aliphatic carbocycles. The van der Waals surface area contributed by atoms with Gasteiger partial charge in [-0.1, -0.05) is 0 Å². The summed E-state index contributed by atoms with van der Waals surface area (Å²) in [5.74, 6) is -1.20. The van der Waals surface area contributed by atoms with Crippen LogP contribution in [0.3, 0.4) is 0 Å². The van der Waals surface area contributed by atoms with E-state index in [-0.39, 0.29) is 40.3 Å². The first-order valence-electron chi connectivity index (χ1n) is 8.31. The highest BCUT2D eigenvalue weighted by Crippen LogP contribution is 2.43. The maximum Gasteiger partial charge on any atom is 0.365 e. The average Bonchev–Trinajstić information content (AvgIpc) is 2.66. The number of benzene rings is 2. The van der Waals surface area contributed by atoms with Gasteiger partial charge in [0.15, 0.2) is 12.1 Å².